The Morgan fingerprint density at radius 2 is 2.12 bits per heavy atom. The maximum atomic E-state index is 5.73. The summed E-state index contributed by atoms with van der Waals surface area (Å²) in [6.07, 6.45) is 1.83. The van der Waals surface area contributed by atoms with Gasteiger partial charge >= 0.3 is 0 Å². The second-order valence-electron chi connectivity index (χ2n) is 4.17. The quantitative estimate of drug-likeness (QED) is 0.827. The molecule has 2 aromatic rings. The van der Waals surface area contributed by atoms with Crippen molar-refractivity contribution < 1.29 is 4.42 Å². The fourth-order valence-electron chi connectivity index (χ4n) is 2.12. The summed E-state index contributed by atoms with van der Waals surface area (Å²) < 4.78 is 5.55. The van der Waals surface area contributed by atoms with Gasteiger partial charge in [-0.2, -0.15) is 0 Å². The fraction of sp³-hybridized carbons (Fsp3) is 0.385. The van der Waals surface area contributed by atoms with Crippen molar-refractivity contribution in [3.63, 3.8) is 0 Å². The molecule has 3 nitrogen and oxygen atoms in total. The highest BCUT2D eigenvalue weighted by molar-refractivity contribution is 5.81. The molecule has 0 bridgehead atoms. The largest absolute Gasteiger partial charge is 0.464 e. The Hall–Kier alpha value is -1.32. The van der Waals surface area contributed by atoms with Gasteiger partial charge in [0.1, 0.15) is 5.58 Å². The molecule has 1 heterocycles. The number of furan rings is 1. The van der Waals surface area contributed by atoms with Crippen LogP contribution in [0.25, 0.3) is 11.0 Å². The molecule has 0 amide bonds. The van der Waals surface area contributed by atoms with E-state index >= 15 is 0 Å². The third-order valence-electron chi connectivity index (χ3n) is 3.10. The Kier molecular flexibility index (Phi) is 3.27. The lowest BCUT2D eigenvalue weighted by Gasteiger charge is -2.21. The van der Waals surface area contributed by atoms with Crippen LogP contribution in [-0.4, -0.2) is 13.6 Å². The van der Waals surface area contributed by atoms with Gasteiger partial charge in [-0.25, -0.2) is 0 Å². The number of rotatable bonds is 4. The molecule has 2 atom stereocenters. The lowest BCUT2D eigenvalue weighted by Crippen LogP contribution is -2.28. The summed E-state index contributed by atoms with van der Waals surface area (Å²) in [7, 11) is 1.96. The molecule has 0 radical (unpaired) electrons. The smallest absolute Gasteiger partial charge is 0.134 e. The van der Waals surface area contributed by atoms with E-state index in [0.717, 1.165) is 5.58 Å². The summed E-state index contributed by atoms with van der Waals surface area (Å²) in [6.45, 7) is 2.80. The van der Waals surface area contributed by atoms with Gasteiger partial charge < -0.3 is 15.5 Å². The van der Waals surface area contributed by atoms with Crippen LogP contribution in [0.4, 0.5) is 0 Å². The molecule has 2 rings (SSSR count). The van der Waals surface area contributed by atoms with Gasteiger partial charge in [0.15, 0.2) is 0 Å². The second-order valence-corrected chi connectivity index (χ2v) is 4.17. The van der Waals surface area contributed by atoms with Crippen LogP contribution in [0.2, 0.25) is 0 Å². The van der Waals surface area contributed by atoms with E-state index in [1.807, 2.05) is 31.5 Å². The molecule has 0 spiro atoms. The van der Waals surface area contributed by atoms with Crippen molar-refractivity contribution in [1.29, 1.82) is 0 Å². The SMILES string of the molecule is CNC(c1coc2ccccc12)C(C)CN. The maximum Gasteiger partial charge on any atom is 0.134 e. The molecule has 0 fully saturated rings. The van der Waals surface area contributed by atoms with E-state index < -0.39 is 0 Å². The van der Waals surface area contributed by atoms with E-state index in [9.17, 15) is 0 Å². The summed E-state index contributed by atoms with van der Waals surface area (Å²) in [5.74, 6) is 0.381. The lowest BCUT2D eigenvalue weighted by molar-refractivity contribution is 0.417. The van der Waals surface area contributed by atoms with Crippen LogP contribution >= 0.6 is 0 Å². The standard InChI is InChI=1S/C13H18N2O/c1-9(7-14)13(15-2)11-8-16-12-6-4-3-5-10(11)12/h3-6,8-9,13,15H,7,14H2,1-2H3. The van der Waals surface area contributed by atoms with Crippen LogP contribution in [0.5, 0.6) is 0 Å². The van der Waals surface area contributed by atoms with Crippen LogP contribution in [0.3, 0.4) is 0 Å². The number of hydrogen-bond donors (Lipinski definition) is 2. The van der Waals surface area contributed by atoms with E-state index in [4.69, 9.17) is 10.2 Å². The maximum absolute atomic E-state index is 5.73. The van der Waals surface area contributed by atoms with Gasteiger partial charge in [0.25, 0.3) is 0 Å². The van der Waals surface area contributed by atoms with Crippen molar-refractivity contribution in [3.05, 3.63) is 36.1 Å². The third kappa shape index (κ3) is 1.84. The molecule has 2 unspecified atom stereocenters. The Balaban J connectivity index is 2.45. The molecule has 0 saturated heterocycles. The van der Waals surface area contributed by atoms with Crippen molar-refractivity contribution in [3.8, 4) is 0 Å². The highest BCUT2D eigenvalue weighted by Gasteiger charge is 2.20. The number of hydrogen-bond acceptors (Lipinski definition) is 3. The Morgan fingerprint density at radius 1 is 1.38 bits per heavy atom. The minimum Gasteiger partial charge on any atom is -0.464 e. The minimum atomic E-state index is 0.244. The second kappa shape index (κ2) is 4.68. The number of nitrogens with one attached hydrogen (secondary N) is 1. The Bertz CT molecular complexity index is 464. The van der Waals surface area contributed by atoms with Crippen molar-refractivity contribution in [1.82, 2.24) is 5.32 Å². The van der Waals surface area contributed by atoms with E-state index in [1.54, 1.807) is 0 Å². The molecule has 1 aromatic heterocycles. The molecule has 3 heteroatoms. The predicted octanol–water partition coefficient (Wildman–Crippen LogP) is 2.29. The van der Waals surface area contributed by atoms with Crippen LogP contribution in [0.15, 0.2) is 34.9 Å². The van der Waals surface area contributed by atoms with Crippen LogP contribution in [0, 0.1) is 5.92 Å². The highest BCUT2D eigenvalue weighted by atomic mass is 16.3. The Labute approximate surface area is 95.6 Å². The fourth-order valence-corrected chi connectivity index (χ4v) is 2.12. The van der Waals surface area contributed by atoms with Crippen molar-refractivity contribution >= 4 is 11.0 Å². The number of benzene rings is 1. The number of fused-ring (bicyclic) bond motifs is 1. The van der Waals surface area contributed by atoms with Crippen molar-refractivity contribution in [2.75, 3.05) is 13.6 Å². The molecule has 16 heavy (non-hydrogen) atoms. The Morgan fingerprint density at radius 3 is 2.81 bits per heavy atom. The van der Waals surface area contributed by atoms with Crippen molar-refractivity contribution in [2.45, 2.75) is 13.0 Å². The zero-order valence-corrected chi connectivity index (χ0v) is 9.73. The average Bonchev–Trinajstić information content (AvgIpc) is 2.74. The molecule has 3 N–H and O–H groups in total. The zero-order chi connectivity index (χ0) is 11.5. The van der Waals surface area contributed by atoms with Gasteiger partial charge in [-0.05, 0) is 25.6 Å². The predicted molar refractivity (Wildman–Crippen MR) is 66.2 cm³/mol. The number of nitrogens with two attached hydrogens (primary N) is 1. The summed E-state index contributed by atoms with van der Waals surface area (Å²) >= 11 is 0. The molecule has 0 aliphatic carbocycles. The molecule has 1 aromatic carbocycles. The summed E-state index contributed by atoms with van der Waals surface area (Å²) in [5, 5.41) is 4.48. The first-order chi connectivity index (χ1) is 7.77. The van der Waals surface area contributed by atoms with E-state index in [1.165, 1.54) is 10.9 Å². The van der Waals surface area contributed by atoms with Crippen LogP contribution < -0.4 is 11.1 Å². The monoisotopic (exact) mass is 218 g/mol. The minimum absolute atomic E-state index is 0.244. The molecular formula is C13H18N2O. The first-order valence-electron chi connectivity index (χ1n) is 5.61. The topological polar surface area (TPSA) is 51.2 Å². The third-order valence-corrected chi connectivity index (χ3v) is 3.10. The molecule has 0 saturated carbocycles. The average molecular weight is 218 g/mol. The van der Waals surface area contributed by atoms with Gasteiger partial charge in [0.05, 0.1) is 6.26 Å². The van der Waals surface area contributed by atoms with Crippen LogP contribution in [-0.2, 0) is 0 Å². The molecular weight excluding hydrogens is 200 g/mol. The summed E-state index contributed by atoms with van der Waals surface area (Å²) in [4.78, 5) is 0. The highest BCUT2D eigenvalue weighted by Crippen LogP contribution is 2.29. The zero-order valence-electron chi connectivity index (χ0n) is 9.73. The molecule has 0 aliphatic heterocycles. The summed E-state index contributed by atoms with van der Waals surface area (Å²) in [6, 6.07) is 8.33. The molecule has 0 aliphatic rings. The van der Waals surface area contributed by atoms with Crippen molar-refractivity contribution in [2.24, 2.45) is 11.7 Å². The molecule has 86 valence electrons. The number of para-hydroxylation sites is 1. The van der Waals surface area contributed by atoms with E-state index in [0.29, 0.717) is 12.5 Å². The summed E-state index contributed by atoms with van der Waals surface area (Å²) in [5.41, 5.74) is 7.85. The van der Waals surface area contributed by atoms with Gasteiger partial charge in [-0.15, -0.1) is 0 Å². The van der Waals surface area contributed by atoms with E-state index in [2.05, 4.69) is 18.3 Å². The first-order valence-corrected chi connectivity index (χ1v) is 5.61. The lowest BCUT2D eigenvalue weighted by atomic mass is 9.94. The van der Waals surface area contributed by atoms with Gasteiger partial charge in [0.2, 0.25) is 0 Å². The van der Waals surface area contributed by atoms with Gasteiger partial charge in [-0.3, -0.25) is 0 Å². The normalized spacial score (nSPS) is 15.2. The van der Waals surface area contributed by atoms with E-state index in [-0.39, 0.29) is 6.04 Å². The van der Waals surface area contributed by atoms with Gasteiger partial charge in [-0.1, -0.05) is 25.1 Å². The first kappa shape index (κ1) is 11.2. The van der Waals surface area contributed by atoms with Crippen LogP contribution in [0.1, 0.15) is 18.5 Å². The van der Waals surface area contributed by atoms with Gasteiger partial charge in [0, 0.05) is 17.0 Å².